The number of benzene rings is 1. The SMILES string of the molecule is CC(Cl)(Cl)/C(N)=N\C(Cl)=C/c1ccccc1. The minimum atomic E-state index is -1.22. The van der Waals surface area contributed by atoms with E-state index in [0.717, 1.165) is 5.56 Å². The highest BCUT2D eigenvalue weighted by Crippen LogP contribution is 2.21. The maximum Gasteiger partial charge on any atom is 0.172 e. The van der Waals surface area contributed by atoms with Crippen molar-refractivity contribution in [3.63, 3.8) is 0 Å². The molecule has 0 saturated heterocycles. The lowest BCUT2D eigenvalue weighted by molar-refractivity contribution is 1.14. The highest BCUT2D eigenvalue weighted by atomic mass is 35.5. The second-order valence-corrected chi connectivity index (χ2v) is 5.36. The molecule has 2 nitrogen and oxygen atoms in total. The number of aliphatic imine (C=N–C) groups is 1. The van der Waals surface area contributed by atoms with Gasteiger partial charge in [0.1, 0.15) is 11.0 Å². The molecule has 0 amide bonds. The average Bonchev–Trinajstić information content (AvgIpc) is 2.17. The number of nitrogens with zero attached hydrogens (tertiary/aromatic N) is 1. The van der Waals surface area contributed by atoms with E-state index in [-0.39, 0.29) is 11.0 Å². The first-order chi connectivity index (χ1) is 7.39. The Balaban J connectivity index is 2.88. The van der Waals surface area contributed by atoms with Crippen molar-refractivity contribution in [1.29, 1.82) is 0 Å². The maximum atomic E-state index is 5.89. The van der Waals surface area contributed by atoms with E-state index in [0.29, 0.717) is 0 Å². The highest BCUT2D eigenvalue weighted by Gasteiger charge is 2.21. The first kappa shape index (κ1) is 13.4. The summed E-state index contributed by atoms with van der Waals surface area (Å²) >= 11 is 17.4. The van der Waals surface area contributed by atoms with Crippen LogP contribution in [0.5, 0.6) is 0 Å². The molecule has 0 unspecified atom stereocenters. The third-order valence-corrected chi connectivity index (χ3v) is 2.34. The summed E-state index contributed by atoms with van der Waals surface area (Å²) in [5.41, 5.74) is 6.49. The summed E-state index contributed by atoms with van der Waals surface area (Å²) in [5, 5.41) is 0.233. The fourth-order valence-corrected chi connectivity index (χ4v) is 1.23. The summed E-state index contributed by atoms with van der Waals surface area (Å²) in [6.07, 6.45) is 1.67. The van der Waals surface area contributed by atoms with Crippen molar-refractivity contribution < 1.29 is 0 Å². The van der Waals surface area contributed by atoms with E-state index in [9.17, 15) is 0 Å². The molecule has 0 spiro atoms. The van der Waals surface area contributed by atoms with E-state index in [1.54, 1.807) is 6.08 Å². The molecule has 0 aliphatic carbocycles. The van der Waals surface area contributed by atoms with Crippen LogP contribution >= 0.6 is 34.8 Å². The second-order valence-electron chi connectivity index (χ2n) is 3.26. The van der Waals surface area contributed by atoms with Crippen molar-refractivity contribution in [2.45, 2.75) is 11.3 Å². The van der Waals surface area contributed by atoms with Crippen LogP contribution in [0.15, 0.2) is 40.5 Å². The van der Waals surface area contributed by atoms with Gasteiger partial charge in [-0.3, -0.25) is 0 Å². The number of alkyl halides is 2. The molecule has 1 aromatic carbocycles. The minimum Gasteiger partial charge on any atom is -0.385 e. The molecule has 0 atom stereocenters. The predicted octanol–water partition coefficient (Wildman–Crippen LogP) is 3.77. The quantitative estimate of drug-likeness (QED) is 0.388. The molecule has 86 valence electrons. The molecule has 0 radical (unpaired) electrons. The van der Waals surface area contributed by atoms with Gasteiger partial charge in [0.25, 0.3) is 0 Å². The lowest BCUT2D eigenvalue weighted by Gasteiger charge is -2.11. The van der Waals surface area contributed by atoms with Crippen molar-refractivity contribution in [1.82, 2.24) is 0 Å². The first-order valence-corrected chi connectivity index (χ1v) is 5.67. The molecule has 0 heterocycles. The molecule has 5 heteroatoms. The van der Waals surface area contributed by atoms with Gasteiger partial charge in [0.05, 0.1) is 0 Å². The summed E-state index contributed by atoms with van der Waals surface area (Å²) in [6, 6.07) is 9.51. The summed E-state index contributed by atoms with van der Waals surface area (Å²) in [6.45, 7) is 1.53. The standard InChI is InChI=1S/C11H11Cl3N2/c1-11(13,14)10(15)16-9(12)7-8-5-3-2-4-6-8/h2-7H,1H3,(H2,15,16)/b9-7-. The van der Waals surface area contributed by atoms with Crippen molar-refractivity contribution in [3.05, 3.63) is 41.1 Å². The summed E-state index contributed by atoms with van der Waals surface area (Å²) in [5.74, 6) is 0.0630. The lowest BCUT2D eigenvalue weighted by atomic mass is 10.2. The molecule has 0 saturated carbocycles. The molecule has 0 bridgehead atoms. The zero-order chi connectivity index (χ0) is 12.2. The zero-order valence-corrected chi connectivity index (χ0v) is 10.9. The number of amidine groups is 1. The number of hydrogen-bond donors (Lipinski definition) is 1. The van der Waals surface area contributed by atoms with Crippen molar-refractivity contribution in [3.8, 4) is 0 Å². The molecule has 0 aromatic heterocycles. The third kappa shape index (κ3) is 4.44. The molecular weight excluding hydrogens is 266 g/mol. The topological polar surface area (TPSA) is 38.4 Å². The van der Waals surface area contributed by atoms with Gasteiger partial charge in [-0.05, 0) is 18.6 Å². The largest absolute Gasteiger partial charge is 0.385 e. The molecule has 0 aliphatic heterocycles. The number of nitrogens with two attached hydrogens (primary N) is 1. The summed E-state index contributed by atoms with van der Waals surface area (Å²) in [7, 11) is 0. The third-order valence-electron chi connectivity index (χ3n) is 1.76. The van der Waals surface area contributed by atoms with Crippen LogP contribution in [-0.2, 0) is 0 Å². The fourth-order valence-electron chi connectivity index (χ4n) is 0.932. The van der Waals surface area contributed by atoms with Crippen LogP contribution in [0.2, 0.25) is 0 Å². The van der Waals surface area contributed by atoms with Crippen LogP contribution in [0.1, 0.15) is 12.5 Å². The Bertz CT molecular complexity index is 405. The van der Waals surface area contributed by atoms with E-state index in [1.807, 2.05) is 30.3 Å². The van der Waals surface area contributed by atoms with Crippen LogP contribution < -0.4 is 5.73 Å². The van der Waals surface area contributed by atoms with Gasteiger partial charge in [-0.25, -0.2) is 4.99 Å². The predicted molar refractivity (Wildman–Crippen MR) is 72.0 cm³/mol. The summed E-state index contributed by atoms with van der Waals surface area (Å²) in [4.78, 5) is 3.90. The van der Waals surface area contributed by atoms with Gasteiger partial charge >= 0.3 is 0 Å². The number of halogens is 3. The van der Waals surface area contributed by atoms with Gasteiger partial charge in [-0.1, -0.05) is 65.1 Å². The Morgan fingerprint density at radius 2 is 1.88 bits per heavy atom. The molecule has 2 N–H and O–H groups in total. The minimum absolute atomic E-state index is 0.0630. The Morgan fingerprint density at radius 1 is 1.31 bits per heavy atom. The smallest absolute Gasteiger partial charge is 0.172 e. The molecule has 0 fully saturated rings. The molecule has 16 heavy (non-hydrogen) atoms. The summed E-state index contributed by atoms with van der Waals surface area (Å²) < 4.78 is -1.22. The molecule has 1 rings (SSSR count). The van der Waals surface area contributed by atoms with Crippen LogP contribution in [0.3, 0.4) is 0 Å². The van der Waals surface area contributed by atoms with E-state index >= 15 is 0 Å². The number of rotatable bonds is 3. The Hall–Kier alpha value is -0.700. The molecule has 1 aromatic rings. The lowest BCUT2D eigenvalue weighted by Crippen LogP contribution is -2.30. The van der Waals surface area contributed by atoms with Crippen molar-refractivity contribution in [2.75, 3.05) is 0 Å². The van der Waals surface area contributed by atoms with Crippen LogP contribution in [0.4, 0.5) is 0 Å². The van der Waals surface area contributed by atoms with Gasteiger partial charge < -0.3 is 5.73 Å². The van der Waals surface area contributed by atoms with Crippen molar-refractivity contribution in [2.24, 2.45) is 10.7 Å². The fraction of sp³-hybridized carbons (Fsp3) is 0.182. The number of hydrogen-bond acceptors (Lipinski definition) is 1. The Labute approximate surface area is 110 Å². The van der Waals surface area contributed by atoms with Crippen LogP contribution in [0.25, 0.3) is 6.08 Å². The van der Waals surface area contributed by atoms with Gasteiger partial charge in [-0.15, -0.1) is 0 Å². The van der Waals surface area contributed by atoms with E-state index in [1.165, 1.54) is 6.92 Å². The van der Waals surface area contributed by atoms with Crippen LogP contribution in [0, 0.1) is 0 Å². The maximum absolute atomic E-state index is 5.89. The Morgan fingerprint density at radius 3 is 2.38 bits per heavy atom. The van der Waals surface area contributed by atoms with Crippen molar-refractivity contribution >= 4 is 46.7 Å². The molecular formula is C11H11Cl3N2. The highest BCUT2D eigenvalue weighted by molar-refractivity contribution is 6.58. The average molecular weight is 278 g/mol. The van der Waals surface area contributed by atoms with E-state index < -0.39 is 4.33 Å². The first-order valence-electron chi connectivity index (χ1n) is 4.54. The van der Waals surface area contributed by atoms with E-state index in [4.69, 9.17) is 40.5 Å². The monoisotopic (exact) mass is 276 g/mol. The van der Waals surface area contributed by atoms with E-state index in [2.05, 4.69) is 4.99 Å². The second kappa shape index (κ2) is 5.58. The van der Waals surface area contributed by atoms with Gasteiger partial charge in [0.2, 0.25) is 0 Å². The molecule has 0 aliphatic rings. The zero-order valence-electron chi connectivity index (χ0n) is 8.62. The van der Waals surface area contributed by atoms with Crippen LogP contribution in [-0.4, -0.2) is 10.2 Å². The van der Waals surface area contributed by atoms with Gasteiger partial charge in [0.15, 0.2) is 4.33 Å². The van der Waals surface area contributed by atoms with Gasteiger partial charge in [-0.2, -0.15) is 0 Å². The van der Waals surface area contributed by atoms with Gasteiger partial charge in [0, 0.05) is 0 Å². The Kier molecular flexibility index (Phi) is 4.66. The normalized spacial score (nSPS) is 14.0.